The first kappa shape index (κ1) is 17.3. The smallest absolute Gasteiger partial charge is 0.251 e. The number of rotatable bonds is 3. The predicted molar refractivity (Wildman–Crippen MR) is 89.9 cm³/mol. The van der Waals surface area contributed by atoms with Gasteiger partial charge in [0.25, 0.3) is 5.92 Å². The second kappa shape index (κ2) is 7.18. The van der Waals surface area contributed by atoms with Crippen molar-refractivity contribution in [3.63, 3.8) is 0 Å². The van der Waals surface area contributed by atoms with Crippen LogP contribution in [-0.2, 0) is 4.79 Å². The lowest BCUT2D eigenvalue weighted by Crippen LogP contribution is -2.49. The van der Waals surface area contributed by atoms with E-state index in [1.165, 1.54) is 5.56 Å². The molecule has 2 aliphatic heterocycles. The van der Waals surface area contributed by atoms with Crippen LogP contribution in [0.3, 0.4) is 0 Å². The number of amides is 1. The van der Waals surface area contributed by atoms with Crippen molar-refractivity contribution in [3.8, 4) is 0 Å². The first-order chi connectivity index (χ1) is 11.5. The monoisotopic (exact) mass is 336 g/mol. The summed E-state index contributed by atoms with van der Waals surface area (Å²) in [6.07, 6.45) is 1.45. The van der Waals surface area contributed by atoms with Gasteiger partial charge in [-0.3, -0.25) is 9.69 Å². The average Bonchev–Trinajstić information content (AvgIpc) is 2.61. The lowest BCUT2D eigenvalue weighted by atomic mass is 9.93. The minimum Gasteiger partial charge on any atom is -0.342 e. The quantitative estimate of drug-likeness (QED) is 0.840. The molecule has 2 unspecified atom stereocenters. The number of carbonyl (C=O) groups is 1. The Kier molecular flexibility index (Phi) is 5.18. The molecular weight excluding hydrogens is 310 g/mol. The Labute approximate surface area is 142 Å². The zero-order valence-electron chi connectivity index (χ0n) is 14.3. The van der Waals surface area contributed by atoms with Crippen LogP contribution in [-0.4, -0.2) is 47.8 Å². The van der Waals surface area contributed by atoms with E-state index in [4.69, 9.17) is 0 Å². The third-order valence-corrected chi connectivity index (χ3v) is 5.44. The molecule has 2 heterocycles. The van der Waals surface area contributed by atoms with E-state index in [0.29, 0.717) is 0 Å². The molecule has 0 spiro atoms. The van der Waals surface area contributed by atoms with Gasteiger partial charge in [0.1, 0.15) is 0 Å². The van der Waals surface area contributed by atoms with Crippen molar-refractivity contribution in [2.24, 2.45) is 5.92 Å². The number of benzene rings is 1. The summed E-state index contributed by atoms with van der Waals surface area (Å²) in [5.41, 5.74) is 1.25. The molecule has 1 aromatic carbocycles. The van der Waals surface area contributed by atoms with E-state index < -0.39 is 5.92 Å². The summed E-state index contributed by atoms with van der Waals surface area (Å²) in [5, 5.41) is 0. The molecule has 24 heavy (non-hydrogen) atoms. The van der Waals surface area contributed by atoms with Crippen LogP contribution < -0.4 is 0 Å². The van der Waals surface area contributed by atoms with Crippen molar-refractivity contribution >= 4 is 5.91 Å². The van der Waals surface area contributed by atoms with E-state index >= 15 is 0 Å². The molecule has 0 aromatic heterocycles. The number of piperidine rings is 2. The first-order valence-corrected chi connectivity index (χ1v) is 8.92. The second-order valence-electron chi connectivity index (χ2n) is 7.10. The molecule has 0 saturated carbocycles. The van der Waals surface area contributed by atoms with Gasteiger partial charge in [0.05, 0.1) is 5.92 Å². The fourth-order valence-electron chi connectivity index (χ4n) is 3.81. The molecule has 1 amide bonds. The molecule has 2 fully saturated rings. The number of nitrogens with zero attached hydrogens (tertiary/aromatic N) is 2. The maximum absolute atomic E-state index is 13.3. The Hall–Kier alpha value is -1.49. The number of carbonyl (C=O) groups excluding carboxylic acids is 1. The molecule has 132 valence electrons. The van der Waals surface area contributed by atoms with Gasteiger partial charge in [-0.15, -0.1) is 0 Å². The summed E-state index contributed by atoms with van der Waals surface area (Å²) in [7, 11) is 0. The van der Waals surface area contributed by atoms with Crippen LogP contribution >= 0.6 is 0 Å². The highest BCUT2D eigenvalue weighted by Gasteiger charge is 2.38. The third kappa shape index (κ3) is 3.94. The van der Waals surface area contributed by atoms with Gasteiger partial charge < -0.3 is 4.90 Å². The lowest BCUT2D eigenvalue weighted by Gasteiger charge is -2.39. The van der Waals surface area contributed by atoms with Crippen molar-refractivity contribution in [3.05, 3.63) is 35.9 Å². The van der Waals surface area contributed by atoms with Gasteiger partial charge in [-0.2, -0.15) is 0 Å². The highest BCUT2D eigenvalue weighted by atomic mass is 19.3. The molecule has 3 nitrogen and oxygen atoms in total. The Balaban J connectivity index is 1.60. The largest absolute Gasteiger partial charge is 0.342 e. The van der Waals surface area contributed by atoms with Gasteiger partial charge in [0.2, 0.25) is 5.91 Å². The number of hydrogen-bond donors (Lipinski definition) is 0. The predicted octanol–water partition coefficient (Wildman–Crippen LogP) is 3.72. The van der Waals surface area contributed by atoms with Crippen LogP contribution in [0.2, 0.25) is 0 Å². The summed E-state index contributed by atoms with van der Waals surface area (Å²) in [6.45, 7) is 4.26. The van der Waals surface area contributed by atoms with Crippen molar-refractivity contribution in [2.75, 3.05) is 26.2 Å². The number of alkyl halides is 2. The maximum Gasteiger partial charge on any atom is 0.251 e. The highest BCUT2D eigenvalue weighted by molar-refractivity contribution is 5.79. The Morgan fingerprint density at radius 1 is 1.17 bits per heavy atom. The van der Waals surface area contributed by atoms with E-state index in [1.54, 1.807) is 4.90 Å². The molecule has 0 bridgehead atoms. The SMILES string of the molecule is CC(c1ccccc1)N1CCCC(C(=O)N2CCC(F)(F)CC2)C1. The molecule has 3 rings (SSSR count). The fourth-order valence-corrected chi connectivity index (χ4v) is 3.81. The summed E-state index contributed by atoms with van der Waals surface area (Å²) in [6, 6.07) is 10.6. The zero-order valence-corrected chi connectivity index (χ0v) is 14.3. The summed E-state index contributed by atoms with van der Waals surface area (Å²) in [4.78, 5) is 16.7. The van der Waals surface area contributed by atoms with Crippen molar-refractivity contribution in [1.29, 1.82) is 0 Å². The van der Waals surface area contributed by atoms with Crippen molar-refractivity contribution in [2.45, 2.75) is 44.6 Å². The average molecular weight is 336 g/mol. The van der Waals surface area contributed by atoms with Crippen molar-refractivity contribution in [1.82, 2.24) is 9.80 Å². The minimum absolute atomic E-state index is 0.0587. The van der Waals surface area contributed by atoms with Gasteiger partial charge in [-0.05, 0) is 31.9 Å². The number of likely N-dealkylation sites (tertiary alicyclic amines) is 2. The van der Waals surface area contributed by atoms with E-state index in [1.807, 2.05) is 18.2 Å². The second-order valence-corrected chi connectivity index (χ2v) is 7.10. The van der Waals surface area contributed by atoms with E-state index in [9.17, 15) is 13.6 Å². The Morgan fingerprint density at radius 3 is 2.50 bits per heavy atom. The van der Waals surface area contributed by atoms with E-state index in [2.05, 4.69) is 24.0 Å². The molecular formula is C19H26F2N2O. The summed E-state index contributed by atoms with van der Waals surface area (Å²) in [5.74, 6) is -2.59. The van der Waals surface area contributed by atoms with Crippen LogP contribution in [0.5, 0.6) is 0 Å². The van der Waals surface area contributed by atoms with Crippen LogP contribution in [0.4, 0.5) is 8.78 Å². The molecule has 0 radical (unpaired) electrons. The van der Waals surface area contributed by atoms with Crippen molar-refractivity contribution < 1.29 is 13.6 Å². The first-order valence-electron chi connectivity index (χ1n) is 8.92. The standard InChI is InChI=1S/C19H26F2N2O/c1-15(16-6-3-2-4-7-16)23-11-5-8-17(14-23)18(24)22-12-9-19(20,21)10-13-22/h2-4,6-7,15,17H,5,8-14H2,1H3. The molecule has 5 heteroatoms. The highest BCUT2D eigenvalue weighted by Crippen LogP contribution is 2.31. The van der Waals surface area contributed by atoms with E-state index in [0.717, 1.165) is 25.9 Å². The van der Waals surface area contributed by atoms with E-state index in [-0.39, 0.29) is 43.8 Å². The van der Waals surface area contributed by atoms with Gasteiger partial charge >= 0.3 is 0 Å². The Bertz CT molecular complexity index is 554. The molecule has 1 aromatic rings. The third-order valence-electron chi connectivity index (χ3n) is 5.44. The van der Waals surface area contributed by atoms with Crippen LogP contribution in [0.25, 0.3) is 0 Å². The summed E-state index contributed by atoms with van der Waals surface area (Å²) >= 11 is 0. The van der Waals surface area contributed by atoms with Gasteiger partial charge in [-0.1, -0.05) is 30.3 Å². The van der Waals surface area contributed by atoms with Gasteiger partial charge in [0, 0.05) is 38.5 Å². The molecule has 0 N–H and O–H groups in total. The molecule has 2 aliphatic rings. The molecule has 2 atom stereocenters. The maximum atomic E-state index is 13.3. The Morgan fingerprint density at radius 2 is 1.83 bits per heavy atom. The van der Waals surface area contributed by atoms with Crippen LogP contribution in [0.1, 0.15) is 44.2 Å². The topological polar surface area (TPSA) is 23.6 Å². The van der Waals surface area contributed by atoms with Gasteiger partial charge in [-0.25, -0.2) is 8.78 Å². The summed E-state index contributed by atoms with van der Waals surface area (Å²) < 4.78 is 26.6. The van der Waals surface area contributed by atoms with Gasteiger partial charge in [0.15, 0.2) is 0 Å². The van der Waals surface area contributed by atoms with Crippen LogP contribution in [0.15, 0.2) is 30.3 Å². The fraction of sp³-hybridized carbons (Fsp3) is 0.632. The molecule has 2 saturated heterocycles. The normalized spacial score (nSPS) is 26.1. The minimum atomic E-state index is -2.60. The van der Waals surface area contributed by atoms with Crippen LogP contribution in [0, 0.1) is 5.92 Å². The number of hydrogen-bond acceptors (Lipinski definition) is 2. The molecule has 0 aliphatic carbocycles. The zero-order chi connectivity index (χ0) is 17.2. The lowest BCUT2D eigenvalue weighted by molar-refractivity contribution is -0.143. The number of halogens is 2.